The molecule has 6 rings (SSSR count). The number of methoxy groups -OCH3 is 1. The molecule has 6 saturated carbocycles. The first-order chi connectivity index (χ1) is 7.69. The summed E-state index contributed by atoms with van der Waals surface area (Å²) in [5.74, 6) is 4.93. The third-order valence-corrected chi connectivity index (χ3v) is 6.69. The number of terminal acetylenes is 1. The number of hydrogen-bond donors (Lipinski definition) is 0. The number of Topliss-reactive ketones (excluding diaryl/α,β-unsaturated/α-hetero) is 1. The molecule has 6 aliphatic rings. The van der Waals surface area contributed by atoms with Gasteiger partial charge < -0.3 is 4.74 Å². The van der Waals surface area contributed by atoms with E-state index < -0.39 is 0 Å². The molecule has 0 radical (unpaired) electrons. The van der Waals surface area contributed by atoms with E-state index in [0.717, 1.165) is 0 Å². The van der Waals surface area contributed by atoms with Crippen LogP contribution in [0, 0.1) is 58.7 Å². The Morgan fingerprint density at radius 2 is 1.50 bits per heavy atom. The molecule has 16 heavy (non-hydrogen) atoms. The number of rotatable bonds is 2. The number of esters is 1. The molecule has 0 aromatic heterocycles. The van der Waals surface area contributed by atoms with Gasteiger partial charge in [-0.25, -0.2) is 0 Å². The van der Waals surface area contributed by atoms with Gasteiger partial charge in [0, 0.05) is 0 Å². The molecule has 0 aromatic carbocycles. The maximum atomic E-state index is 11.8. The molecule has 0 unspecified atom stereocenters. The quantitative estimate of drug-likeness (QED) is 0.372. The molecule has 0 spiro atoms. The van der Waals surface area contributed by atoms with E-state index in [1.807, 2.05) is 0 Å². The van der Waals surface area contributed by atoms with Crippen LogP contribution in [0.4, 0.5) is 0 Å². The van der Waals surface area contributed by atoms with Gasteiger partial charge in [0.1, 0.15) is 0 Å². The summed E-state index contributed by atoms with van der Waals surface area (Å²) >= 11 is 0. The zero-order valence-electron chi connectivity index (χ0n) is 8.77. The first kappa shape index (κ1) is 7.89. The van der Waals surface area contributed by atoms with Crippen molar-refractivity contribution in [1.82, 2.24) is 0 Å². The van der Waals surface area contributed by atoms with Crippen LogP contribution in [0.25, 0.3) is 0 Å². The fourth-order valence-electron chi connectivity index (χ4n) is 6.69. The molecule has 3 heteroatoms. The summed E-state index contributed by atoms with van der Waals surface area (Å²) in [6.07, 6.45) is 5.24. The van der Waals surface area contributed by atoms with Crippen molar-refractivity contribution in [2.24, 2.45) is 46.3 Å². The van der Waals surface area contributed by atoms with E-state index in [9.17, 15) is 9.59 Å². The normalized spacial score (nSPS) is 68.0. The lowest BCUT2D eigenvalue weighted by atomic mass is 8.92. The number of ketones is 1. The van der Waals surface area contributed by atoms with E-state index >= 15 is 0 Å². The lowest BCUT2D eigenvalue weighted by Gasteiger charge is -3.09. The van der Waals surface area contributed by atoms with E-state index in [4.69, 9.17) is 11.2 Å². The lowest BCUT2D eigenvalue weighted by molar-refractivity contribution is -0.625. The van der Waals surface area contributed by atoms with Crippen molar-refractivity contribution in [3.8, 4) is 12.3 Å². The zero-order valence-corrected chi connectivity index (χ0v) is 8.77. The molecule has 0 bridgehead atoms. The van der Waals surface area contributed by atoms with Crippen molar-refractivity contribution in [1.29, 1.82) is 0 Å². The maximum Gasteiger partial charge on any atom is 0.312 e. The van der Waals surface area contributed by atoms with Crippen molar-refractivity contribution in [3.05, 3.63) is 0 Å². The van der Waals surface area contributed by atoms with Crippen LogP contribution in [0.5, 0.6) is 0 Å². The first-order valence-corrected chi connectivity index (χ1v) is 5.79. The number of carbonyl (C=O) groups is 2. The first-order valence-electron chi connectivity index (χ1n) is 5.79. The van der Waals surface area contributed by atoms with Crippen molar-refractivity contribution in [3.63, 3.8) is 0 Å². The van der Waals surface area contributed by atoms with Crippen LogP contribution in [0.1, 0.15) is 0 Å². The minimum atomic E-state index is -0.148. The van der Waals surface area contributed by atoms with Crippen molar-refractivity contribution in [2.75, 3.05) is 7.11 Å². The van der Waals surface area contributed by atoms with E-state index in [2.05, 4.69) is 5.92 Å². The second-order valence-corrected chi connectivity index (χ2v) is 5.99. The molecule has 6 fully saturated rings. The summed E-state index contributed by atoms with van der Waals surface area (Å²) in [6.45, 7) is 0. The van der Waals surface area contributed by atoms with Gasteiger partial charge in [0.2, 0.25) is 5.78 Å². The minimum Gasteiger partial charge on any atom is -0.469 e. The molecular formula is C13H10O3. The molecule has 0 N–H and O–H groups in total. The Bertz CT molecular complexity index is 484. The summed E-state index contributed by atoms with van der Waals surface area (Å²) in [4.78, 5) is 23.6. The van der Waals surface area contributed by atoms with Crippen molar-refractivity contribution >= 4 is 11.8 Å². The summed E-state index contributed by atoms with van der Waals surface area (Å²) in [5, 5.41) is 0. The predicted molar refractivity (Wildman–Crippen MR) is 51.7 cm³/mol. The Labute approximate surface area is 92.5 Å². The largest absolute Gasteiger partial charge is 0.469 e. The molecule has 6 aliphatic carbocycles. The molecule has 0 aromatic rings. The molecular weight excluding hydrogens is 204 g/mol. The average Bonchev–Trinajstić information content (AvgIpc) is 2.36. The van der Waals surface area contributed by atoms with Gasteiger partial charge in [-0.1, -0.05) is 0 Å². The smallest absolute Gasteiger partial charge is 0.312 e. The third kappa shape index (κ3) is 0.312. The summed E-state index contributed by atoms with van der Waals surface area (Å²) in [5.41, 5.74) is -0.296. The van der Waals surface area contributed by atoms with E-state index in [1.165, 1.54) is 7.11 Å². The van der Waals surface area contributed by atoms with Gasteiger partial charge >= 0.3 is 5.97 Å². The second kappa shape index (κ2) is 1.64. The van der Waals surface area contributed by atoms with Crippen molar-refractivity contribution in [2.45, 2.75) is 0 Å². The summed E-state index contributed by atoms with van der Waals surface area (Å²) in [7, 11) is 1.46. The highest BCUT2D eigenvalue weighted by molar-refractivity contribution is 6.07. The standard InChI is InChI=1S/C13H10O3/c1-3-4(14)12-5-8-6(12)10-7(12)9(5)13(8,10)11(15)16-2/h1,5-10H,2H3. The Morgan fingerprint density at radius 3 is 1.88 bits per heavy atom. The van der Waals surface area contributed by atoms with E-state index in [0.29, 0.717) is 35.5 Å². The van der Waals surface area contributed by atoms with Gasteiger partial charge in [0.15, 0.2) is 0 Å². The summed E-state index contributed by atoms with van der Waals surface area (Å²) in [6, 6.07) is 0. The minimum absolute atomic E-state index is 0.00872. The van der Waals surface area contributed by atoms with Gasteiger partial charge in [0.25, 0.3) is 0 Å². The monoisotopic (exact) mass is 214 g/mol. The molecule has 0 aliphatic heterocycles. The maximum absolute atomic E-state index is 11.8. The van der Waals surface area contributed by atoms with E-state index in [1.54, 1.807) is 0 Å². The Kier molecular flexibility index (Phi) is 0.809. The second-order valence-electron chi connectivity index (χ2n) is 5.99. The van der Waals surface area contributed by atoms with Gasteiger partial charge in [-0.3, -0.25) is 9.59 Å². The fraction of sp³-hybridized carbons (Fsp3) is 0.692. The molecule has 80 valence electrons. The zero-order chi connectivity index (χ0) is 11.0. The molecule has 0 saturated heterocycles. The van der Waals surface area contributed by atoms with Crippen LogP contribution in [-0.2, 0) is 14.3 Å². The third-order valence-electron chi connectivity index (χ3n) is 6.69. The van der Waals surface area contributed by atoms with Gasteiger partial charge in [-0.15, -0.1) is 6.42 Å². The molecule has 3 nitrogen and oxygen atoms in total. The van der Waals surface area contributed by atoms with Crippen molar-refractivity contribution < 1.29 is 14.3 Å². The van der Waals surface area contributed by atoms with Gasteiger partial charge in [0.05, 0.1) is 17.9 Å². The number of hydrogen-bond acceptors (Lipinski definition) is 3. The molecule has 0 heterocycles. The van der Waals surface area contributed by atoms with E-state index in [-0.39, 0.29) is 22.6 Å². The van der Waals surface area contributed by atoms with Gasteiger partial charge in [-0.05, 0) is 41.4 Å². The number of ether oxygens (including phenoxy) is 1. The Balaban J connectivity index is 1.57. The van der Waals surface area contributed by atoms with Crippen LogP contribution in [-0.4, -0.2) is 18.9 Å². The Morgan fingerprint density at radius 1 is 1.06 bits per heavy atom. The fourth-order valence-corrected chi connectivity index (χ4v) is 6.69. The lowest BCUT2D eigenvalue weighted by Crippen LogP contribution is -3.11. The Hall–Kier alpha value is -1.30. The predicted octanol–water partition coefficient (Wildman–Crippen LogP) is 0.0997. The van der Waals surface area contributed by atoms with Crippen LogP contribution in [0.2, 0.25) is 0 Å². The highest BCUT2D eigenvalue weighted by Crippen LogP contribution is 3.10. The van der Waals surface area contributed by atoms with Gasteiger partial charge in [-0.2, -0.15) is 0 Å². The van der Waals surface area contributed by atoms with Crippen LogP contribution in [0.15, 0.2) is 0 Å². The van der Waals surface area contributed by atoms with Crippen LogP contribution < -0.4 is 0 Å². The summed E-state index contributed by atoms with van der Waals surface area (Å²) < 4.78 is 4.92. The topological polar surface area (TPSA) is 43.4 Å². The highest BCUT2D eigenvalue weighted by atomic mass is 16.5. The molecule has 0 atom stereocenters. The average molecular weight is 214 g/mol. The van der Waals surface area contributed by atoms with Crippen LogP contribution in [0.3, 0.4) is 0 Å². The van der Waals surface area contributed by atoms with Crippen LogP contribution >= 0.6 is 0 Å². The molecule has 0 amide bonds. The SMILES string of the molecule is C#CC(=O)C12C3C4C1C1C2C3C41C(=O)OC. The number of carbonyl (C=O) groups excluding carboxylic acids is 2. The highest BCUT2D eigenvalue weighted by Gasteiger charge is 3.13.